The molecule has 0 aromatic heterocycles. The Morgan fingerprint density at radius 2 is 1.86 bits per heavy atom. The molecular formula is C21H24ClN3O3. The van der Waals surface area contributed by atoms with Crippen molar-refractivity contribution < 1.29 is 14.3 Å². The molecule has 1 heterocycles. The highest BCUT2D eigenvalue weighted by atomic mass is 35.5. The first-order valence-corrected chi connectivity index (χ1v) is 9.65. The molecule has 7 heteroatoms. The molecular weight excluding hydrogens is 378 g/mol. The second-order valence-corrected chi connectivity index (χ2v) is 7.11. The highest BCUT2D eigenvalue weighted by molar-refractivity contribution is 6.31. The van der Waals surface area contributed by atoms with E-state index >= 15 is 0 Å². The molecule has 0 bridgehead atoms. The molecule has 3 rings (SSSR count). The minimum atomic E-state index is -0.398. The molecule has 1 fully saturated rings. The maximum absolute atomic E-state index is 12.8. The number of carbonyl (C=O) groups is 2. The van der Waals surface area contributed by atoms with Crippen LogP contribution < -0.4 is 15.5 Å². The molecule has 1 aliphatic heterocycles. The molecule has 6 nitrogen and oxygen atoms in total. The number of nitrogens with one attached hydrogen (secondary N) is 2. The molecule has 148 valence electrons. The van der Waals surface area contributed by atoms with E-state index in [-0.39, 0.29) is 18.2 Å². The molecule has 1 saturated heterocycles. The molecule has 0 radical (unpaired) electrons. The molecule has 0 spiro atoms. The van der Waals surface area contributed by atoms with Crippen molar-refractivity contribution in [1.29, 1.82) is 0 Å². The first-order valence-electron chi connectivity index (χ1n) is 9.27. The van der Waals surface area contributed by atoms with Crippen molar-refractivity contribution in [1.82, 2.24) is 5.32 Å². The molecule has 0 saturated carbocycles. The van der Waals surface area contributed by atoms with Gasteiger partial charge in [0.1, 0.15) is 0 Å². The van der Waals surface area contributed by atoms with E-state index in [0.717, 1.165) is 24.3 Å². The molecule has 2 aromatic carbocycles. The van der Waals surface area contributed by atoms with Crippen molar-refractivity contribution in [3.63, 3.8) is 0 Å². The average Bonchev–Trinajstić information content (AvgIpc) is 2.68. The third kappa shape index (κ3) is 5.47. The summed E-state index contributed by atoms with van der Waals surface area (Å²) in [6.07, 6.45) is 0.124. The van der Waals surface area contributed by atoms with Crippen LogP contribution in [-0.4, -0.2) is 38.1 Å². The topological polar surface area (TPSA) is 70.7 Å². The SMILES string of the molecule is CC(=O)NC(CC(=O)Nc1cc(Cl)ccc1N1CCOCC1)c1ccccc1. The van der Waals surface area contributed by atoms with Crippen LogP contribution in [0.15, 0.2) is 48.5 Å². The van der Waals surface area contributed by atoms with Gasteiger partial charge in [-0.1, -0.05) is 41.9 Å². The van der Waals surface area contributed by atoms with Crippen molar-refractivity contribution >= 4 is 34.8 Å². The highest BCUT2D eigenvalue weighted by Gasteiger charge is 2.20. The van der Waals surface area contributed by atoms with E-state index in [1.807, 2.05) is 42.5 Å². The quantitative estimate of drug-likeness (QED) is 0.778. The summed E-state index contributed by atoms with van der Waals surface area (Å²) in [5, 5.41) is 6.36. The summed E-state index contributed by atoms with van der Waals surface area (Å²) in [5.41, 5.74) is 2.46. The Morgan fingerprint density at radius 3 is 2.54 bits per heavy atom. The fourth-order valence-corrected chi connectivity index (χ4v) is 3.43. The van der Waals surface area contributed by atoms with E-state index < -0.39 is 6.04 Å². The molecule has 28 heavy (non-hydrogen) atoms. The summed E-state index contributed by atoms with van der Waals surface area (Å²) in [5.74, 6) is -0.377. The van der Waals surface area contributed by atoms with E-state index in [9.17, 15) is 9.59 Å². The summed E-state index contributed by atoms with van der Waals surface area (Å²) in [7, 11) is 0. The van der Waals surface area contributed by atoms with Gasteiger partial charge in [-0.3, -0.25) is 9.59 Å². The van der Waals surface area contributed by atoms with Gasteiger partial charge >= 0.3 is 0 Å². The maximum Gasteiger partial charge on any atom is 0.226 e. The Bertz CT molecular complexity index is 823. The van der Waals surface area contributed by atoms with Crippen LogP contribution >= 0.6 is 11.6 Å². The lowest BCUT2D eigenvalue weighted by Gasteiger charge is -2.30. The van der Waals surface area contributed by atoms with Gasteiger partial charge in [0.05, 0.1) is 37.1 Å². The van der Waals surface area contributed by atoms with Gasteiger partial charge in [-0.2, -0.15) is 0 Å². The summed E-state index contributed by atoms with van der Waals surface area (Å²) < 4.78 is 5.41. The summed E-state index contributed by atoms with van der Waals surface area (Å²) in [4.78, 5) is 26.5. The number of hydrogen-bond acceptors (Lipinski definition) is 4. The first kappa shape index (κ1) is 20.2. The lowest BCUT2D eigenvalue weighted by atomic mass is 10.0. The van der Waals surface area contributed by atoms with Crippen LogP contribution in [0.5, 0.6) is 0 Å². The standard InChI is InChI=1S/C21H24ClN3O3/c1-15(26)23-18(16-5-3-2-4-6-16)14-21(27)24-19-13-17(22)7-8-20(19)25-9-11-28-12-10-25/h2-8,13,18H,9-12,14H2,1H3,(H,23,26)(H,24,27). The Labute approximate surface area is 169 Å². The van der Waals surface area contributed by atoms with Crippen molar-refractivity contribution in [3.05, 3.63) is 59.1 Å². The zero-order valence-corrected chi connectivity index (χ0v) is 16.5. The maximum atomic E-state index is 12.8. The number of halogens is 1. The van der Waals surface area contributed by atoms with Crippen LogP contribution in [0, 0.1) is 0 Å². The van der Waals surface area contributed by atoms with Crippen LogP contribution in [0.4, 0.5) is 11.4 Å². The third-order valence-corrected chi connectivity index (χ3v) is 4.79. The smallest absolute Gasteiger partial charge is 0.226 e. The molecule has 1 aliphatic rings. The molecule has 2 amide bonds. The summed E-state index contributed by atoms with van der Waals surface area (Å²) in [6, 6.07) is 14.5. The monoisotopic (exact) mass is 401 g/mol. The number of carbonyl (C=O) groups excluding carboxylic acids is 2. The van der Waals surface area contributed by atoms with Gasteiger partial charge in [-0.05, 0) is 23.8 Å². The number of morpholine rings is 1. The van der Waals surface area contributed by atoms with Crippen LogP contribution in [-0.2, 0) is 14.3 Å². The van der Waals surface area contributed by atoms with E-state index in [2.05, 4.69) is 15.5 Å². The van der Waals surface area contributed by atoms with Gasteiger partial charge in [0.15, 0.2) is 0 Å². The minimum absolute atomic E-state index is 0.124. The normalized spacial score (nSPS) is 15.0. The Morgan fingerprint density at radius 1 is 1.14 bits per heavy atom. The predicted molar refractivity (Wildman–Crippen MR) is 111 cm³/mol. The van der Waals surface area contributed by atoms with Crippen molar-refractivity contribution in [2.75, 3.05) is 36.5 Å². The van der Waals surface area contributed by atoms with Crippen molar-refractivity contribution in [2.24, 2.45) is 0 Å². The van der Waals surface area contributed by atoms with Gasteiger partial charge < -0.3 is 20.3 Å². The summed E-state index contributed by atoms with van der Waals surface area (Å²) >= 11 is 6.16. The van der Waals surface area contributed by atoms with Crippen molar-refractivity contribution in [3.8, 4) is 0 Å². The number of amides is 2. The summed E-state index contributed by atoms with van der Waals surface area (Å²) in [6.45, 7) is 4.25. The van der Waals surface area contributed by atoms with Gasteiger partial charge in [0, 0.05) is 25.0 Å². The number of nitrogens with zero attached hydrogens (tertiary/aromatic N) is 1. The van der Waals surface area contributed by atoms with Crippen molar-refractivity contribution in [2.45, 2.75) is 19.4 Å². The van der Waals surface area contributed by atoms with Crippen LogP contribution in [0.2, 0.25) is 5.02 Å². The number of hydrogen-bond donors (Lipinski definition) is 2. The van der Waals surface area contributed by atoms with Gasteiger partial charge in [0.25, 0.3) is 0 Å². The van der Waals surface area contributed by atoms with E-state index in [1.165, 1.54) is 6.92 Å². The zero-order chi connectivity index (χ0) is 19.9. The number of ether oxygens (including phenoxy) is 1. The highest BCUT2D eigenvalue weighted by Crippen LogP contribution is 2.30. The molecule has 1 unspecified atom stereocenters. The first-order chi connectivity index (χ1) is 13.5. The van der Waals surface area contributed by atoms with E-state index in [1.54, 1.807) is 6.07 Å². The zero-order valence-electron chi connectivity index (χ0n) is 15.8. The molecule has 1 atom stereocenters. The number of benzene rings is 2. The van der Waals surface area contributed by atoms with Crippen LogP contribution in [0.1, 0.15) is 24.9 Å². The van der Waals surface area contributed by atoms with Gasteiger partial charge in [-0.15, -0.1) is 0 Å². The lowest BCUT2D eigenvalue weighted by Crippen LogP contribution is -2.37. The minimum Gasteiger partial charge on any atom is -0.378 e. The lowest BCUT2D eigenvalue weighted by molar-refractivity contribution is -0.120. The van der Waals surface area contributed by atoms with Gasteiger partial charge in [0.2, 0.25) is 11.8 Å². The Kier molecular flexibility index (Phi) is 6.90. The third-order valence-electron chi connectivity index (χ3n) is 4.55. The average molecular weight is 402 g/mol. The van der Waals surface area contributed by atoms with E-state index in [0.29, 0.717) is 23.9 Å². The largest absolute Gasteiger partial charge is 0.378 e. The molecule has 2 aromatic rings. The Balaban J connectivity index is 1.76. The fourth-order valence-electron chi connectivity index (χ4n) is 3.26. The molecule has 2 N–H and O–H groups in total. The second-order valence-electron chi connectivity index (χ2n) is 6.68. The van der Waals surface area contributed by atoms with Gasteiger partial charge in [-0.25, -0.2) is 0 Å². The van der Waals surface area contributed by atoms with Crippen LogP contribution in [0.25, 0.3) is 0 Å². The van der Waals surface area contributed by atoms with Crippen LogP contribution in [0.3, 0.4) is 0 Å². The number of rotatable bonds is 6. The Hall–Kier alpha value is -2.57. The fraction of sp³-hybridized carbons (Fsp3) is 0.333. The molecule has 0 aliphatic carbocycles. The number of anilines is 2. The van der Waals surface area contributed by atoms with E-state index in [4.69, 9.17) is 16.3 Å². The second kappa shape index (κ2) is 9.57. The predicted octanol–water partition coefficient (Wildman–Crippen LogP) is 3.38.